The maximum absolute atomic E-state index is 14.7. The van der Waals surface area contributed by atoms with E-state index in [0.29, 0.717) is 46.7 Å². The normalized spacial score (nSPS) is 17.0. The minimum Gasteiger partial charge on any atom is -0.493 e. The number of halogens is 2. The first-order valence-corrected chi connectivity index (χ1v) is 15.2. The van der Waals surface area contributed by atoms with Crippen molar-refractivity contribution in [2.45, 2.75) is 84.6 Å². The number of aromatic nitrogens is 1. The summed E-state index contributed by atoms with van der Waals surface area (Å²) in [5, 5.41) is 10.4. The van der Waals surface area contributed by atoms with Crippen LogP contribution >= 0.6 is 0 Å². The molecule has 2 heterocycles. The highest BCUT2D eigenvalue weighted by molar-refractivity contribution is 5.88. The summed E-state index contributed by atoms with van der Waals surface area (Å²) in [6.45, 7) is 8.41. The Morgan fingerprint density at radius 1 is 1.05 bits per heavy atom. The number of benzene rings is 2. The van der Waals surface area contributed by atoms with Gasteiger partial charge in [0.25, 0.3) is 0 Å². The molecule has 8 heteroatoms. The van der Waals surface area contributed by atoms with Gasteiger partial charge in [-0.3, -0.25) is 4.98 Å². The molecular weight excluding hydrogens is 550 g/mol. The number of piperidine rings is 1. The molecule has 2 fully saturated rings. The van der Waals surface area contributed by atoms with E-state index in [1.807, 2.05) is 45.0 Å². The fourth-order valence-electron chi connectivity index (χ4n) is 6.43. The van der Waals surface area contributed by atoms with E-state index in [2.05, 4.69) is 9.88 Å². The molecule has 1 N–H and O–H groups in total. The predicted molar refractivity (Wildman–Crippen MR) is 164 cm³/mol. The number of aliphatic carboxylic acids is 1. The van der Waals surface area contributed by atoms with Crippen molar-refractivity contribution < 1.29 is 28.2 Å². The highest BCUT2D eigenvalue weighted by atomic mass is 19.1. The van der Waals surface area contributed by atoms with Crippen LogP contribution in [0.15, 0.2) is 48.5 Å². The number of carbonyl (C=O) groups is 1. The first kappa shape index (κ1) is 30.9. The predicted octanol–water partition coefficient (Wildman–Crippen LogP) is 8.00. The summed E-state index contributed by atoms with van der Waals surface area (Å²) in [7, 11) is 0. The fraction of sp³-hybridized carbons (Fsp3) is 0.486. The van der Waals surface area contributed by atoms with Gasteiger partial charge in [-0.25, -0.2) is 13.6 Å². The van der Waals surface area contributed by atoms with Crippen molar-refractivity contribution in [2.24, 2.45) is 5.41 Å². The smallest absolute Gasteiger partial charge is 0.337 e. The molecule has 1 saturated carbocycles. The summed E-state index contributed by atoms with van der Waals surface area (Å²) in [4.78, 5) is 19.6. The van der Waals surface area contributed by atoms with E-state index in [-0.39, 0.29) is 11.5 Å². The number of hydrogen-bond acceptors (Lipinski definition) is 5. The van der Waals surface area contributed by atoms with Gasteiger partial charge in [-0.15, -0.1) is 0 Å². The van der Waals surface area contributed by atoms with Crippen LogP contribution in [0.25, 0.3) is 11.1 Å². The molecule has 0 bridgehead atoms. The van der Waals surface area contributed by atoms with E-state index in [9.17, 15) is 18.7 Å². The lowest BCUT2D eigenvalue weighted by atomic mass is 9.63. The standard InChI is InChI=1S/C35H42F2N2O4/c1-23-29(32(33(40)41)43-34(2,3)4)31(39-19-17-35(18-20-39)15-5-16-35)30(28(22-36)38-23)25-8-12-27(13-9-25)42-21-14-24-6-10-26(37)11-7-24/h6-13,32H,5,14-22H2,1-4H3,(H,40,41). The second-order valence-corrected chi connectivity index (χ2v) is 13.0. The molecule has 1 aromatic heterocycles. The Labute approximate surface area is 253 Å². The molecule has 3 aromatic rings. The van der Waals surface area contributed by atoms with Gasteiger partial charge in [0, 0.05) is 36.3 Å². The Morgan fingerprint density at radius 2 is 1.70 bits per heavy atom. The average Bonchev–Trinajstić information content (AvgIpc) is 2.96. The van der Waals surface area contributed by atoms with Crippen LogP contribution in [0.5, 0.6) is 5.75 Å². The summed E-state index contributed by atoms with van der Waals surface area (Å²) in [6.07, 6.45) is 5.15. The zero-order valence-corrected chi connectivity index (χ0v) is 25.6. The van der Waals surface area contributed by atoms with E-state index in [1.54, 1.807) is 19.1 Å². The van der Waals surface area contributed by atoms with Gasteiger partial charge in [0.15, 0.2) is 6.10 Å². The minimum atomic E-state index is -1.26. The molecule has 1 aliphatic heterocycles. The lowest BCUT2D eigenvalue weighted by Gasteiger charge is -2.49. The zero-order valence-electron chi connectivity index (χ0n) is 25.6. The zero-order chi connectivity index (χ0) is 30.8. The molecular formula is C35H42F2N2O4. The van der Waals surface area contributed by atoms with Crippen LogP contribution < -0.4 is 9.64 Å². The van der Waals surface area contributed by atoms with Crippen molar-refractivity contribution in [3.63, 3.8) is 0 Å². The van der Waals surface area contributed by atoms with Gasteiger partial charge >= 0.3 is 5.97 Å². The number of carboxylic acids is 1. The number of anilines is 1. The van der Waals surface area contributed by atoms with Gasteiger partial charge in [-0.05, 0) is 94.2 Å². The van der Waals surface area contributed by atoms with Crippen LogP contribution in [0.4, 0.5) is 14.5 Å². The second kappa shape index (κ2) is 12.6. The molecule has 5 rings (SSSR count). The second-order valence-electron chi connectivity index (χ2n) is 13.0. The first-order valence-electron chi connectivity index (χ1n) is 15.2. The van der Waals surface area contributed by atoms with Crippen LogP contribution in [-0.2, 0) is 22.6 Å². The molecule has 1 spiro atoms. The highest BCUT2D eigenvalue weighted by Gasteiger charge is 2.42. The van der Waals surface area contributed by atoms with Gasteiger partial charge in [0.2, 0.25) is 0 Å². The molecule has 1 atom stereocenters. The Bertz CT molecular complexity index is 1420. The van der Waals surface area contributed by atoms with E-state index in [1.165, 1.54) is 31.4 Å². The number of alkyl halides is 1. The third kappa shape index (κ3) is 7.01. The molecule has 2 aromatic carbocycles. The monoisotopic (exact) mass is 592 g/mol. The number of rotatable bonds is 10. The molecule has 43 heavy (non-hydrogen) atoms. The number of aryl methyl sites for hydroxylation is 1. The fourth-order valence-corrected chi connectivity index (χ4v) is 6.43. The SMILES string of the molecule is Cc1nc(CF)c(-c2ccc(OCCc3ccc(F)cc3)cc2)c(N2CCC3(CCC3)CC2)c1C(OC(C)(C)C)C(=O)O. The maximum atomic E-state index is 14.7. The molecule has 0 radical (unpaired) electrons. The summed E-state index contributed by atoms with van der Waals surface area (Å²) < 4.78 is 40.0. The third-order valence-electron chi connectivity index (χ3n) is 8.83. The minimum absolute atomic E-state index is 0.271. The van der Waals surface area contributed by atoms with E-state index >= 15 is 0 Å². The van der Waals surface area contributed by atoms with Crippen LogP contribution in [0.3, 0.4) is 0 Å². The molecule has 6 nitrogen and oxygen atoms in total. The quantitative estimate of drug-likeness (QED) is 0.257. The molecule has 1 aliphatic carbocycles. The molecule has 230 valence electrons. The number of nitrogens with zero attached hydrogens (tertiary/aromatic N) is 2. The lowest BCUT2D eigenvalue weighted by Crippen LogP contribution is -2.44. The third-order valence-corrected chi connectivity index (χ3v) is 8.83. The summed E-state index contributed by atoms with van der Waals surface area (Å²) in [5.74, 6) is -0.718. The maximum Gasteiger partial charge on any atom is 0.337 e. The lowest BCUT2D eigenvalue weighted by molar-refractivity contribution is -0.160. The van der Waals surface area contributed by atoms with Crippen molar-refractivity contribution in [2.75, 3.05) is 24.6 Å². The molecule has 0 amide bonds. The first-order chi connectivity index (χ1) is 20.5. The number of carboxylic acid groups (broad SMARTS) is 1. The van der Waals surface area contributed by atoms with Crippen LogP contribution in [0.2, 0.25) is 0 Å². The Balaban J connectivity index is 1.51. The van der Waals surface area contributed by atoms with Crippen LogP contribution in [0, 0.1) is 18.2 Å². The number of ether oxygens (including phenoxy) is 2. The summed E-state index contributed by atoms with van der Waals surface area (Å²) >= 11 is 0. The van der Waals surface area contributed by atoms with E-state index < -0.39 is 24.3 Å². The van der Waals surface area contributed by atoms with Crippen molar-refractivity contribution >= 4 is 11.7 Å². The topological polar surface area (TPSA) is 71.9 Å². The highest BCUT2D eigenvalue weighted by Crippen LogP contribution is 2.51. The molecule has 1 unspecified atom stereocenters. The average molecular weight is 593 g/mol. The molecule has 1 saturated heterocycles. The van der Waals surface area contributed by atoms with Crippen molar-refractivity contribution in [1.29, 1.82) is 0 Å². The molecule has 2 aliphatic rings. The van der Waals surface area contributed by atoms with Gasteiger partial charge in [0.1, 0.15) is 18.2 Å². The van der Waals surface area contributed by atoms with E-state index in [4.69, 9.17) is 9.47 Å². The summed E-state index contributed by atoms with van der Waals surface area (Å²) in [6, 6.07) is 13.8. The van der Waals surface area contributed by atoms with Crippen molar-refractivity contribution in [3.05, 3.63) is 76.9 Å². The Kier molecular flexibility index (Phi) is 9.07. The van der Waals surface area contributed by atoms with Crippen LogP contribution in [-0.4, -0.2) is 41.4 Å². The van der Waals surface area contributed by atoms with Gasteiger partial charge in [-0.2, -0.15) is 0 Å². The Hall–Kier alpha value is -3.52. The van der Waals surface area contributed by atoms with E-state index in [0.717, 1.165) is 37.1 Å². The van der Waals surface area contributed by atoms with Crippen molar-refractivity contribution in [3.8, 4) is 16.9 Å². The van der Waals surface area contributed by atoms with Gasteiger partial charge < -0.3 is 19.5 Å². The van der Waals surface area contributed by atoms with Gasteiger partial charge in [-0.1, -0.05) is 30.7 Å². The van der Waals surface area contributed by atoms with Crippen molar-refractivity contribution in [1.82, 2.24) is 4.98 Å². The largest absolute Gasteiger partial charge is 0.493 e. The summed E-state index contributed by atoms with van der Waals surface area (Å²) in [5.41, 5.74) is 3.91. The Morgan fingerprint density at radius 3 is 2.23 bits per heavy atom. The van der Waals surface area contributed by atoms with Gasteiger partial charge in [0.05, 0.1) is 23.6 Å². The number of pyridine rings is 1. The van der Waals surface area contributed by atoms with Crippen LogP contribution in [0.1, 0.15) is 81.5 Å². The number of hydrogen-bond donors (Lipinski definition) is 1.